The van der Waals surface area contributed by atoms with E-state index in [1.807, 2.05) is 72.3 Å². The summed E-state index contributed by atoms with van der Waals surface area (Å²) in [7, 11) is 3.60. The molecule has 1 amide bonds. The van der Waals surface area contributed by atoms with E-state index in [4.69, 9.17) is 28.9 Å². The highest BCUT2D eigenvalue weighted by molar-refractivity contribution is 6.31. The molecule has 172 valence electrons. The Balaban J connectivity index is 1.97. The molecule has 3 aromatic carbocycles. The van der Waals surface area contributed by atoms with Gasteiger partial charge in [0.1, 0.15) is 5.54 Å². The highest BCUT2D eigenvalue weighted by atomic mass is 35.5. The number of hydrogen-bond acceptors (Lipinski definition) is 3. The summed E-state index contributed by atoms with van der Waals surface area (Å²) in [5, 5.41) is 1.22. The van der Waals surface area contributed by atoms with Gasteiger partial charge >= 0.3 is 0 Å². The molecule has 0 saturated carbocycles. The number of aryl methyl sites for hydroxylation is 1. The van der Waals surface area contributed by atoms with Gasteiger partial charge in [-0.15, -0.1) is 0 Å². The standard InChI is InChI=1S/C27H24Cl2N4O/c1-18(19-5-4-6-23(29)13-19)24-14-21(9-12-25(24)33(3)17-34)27(30,26-15-31-16-32(26)2)20-7-10-22(28)11-8-20/h4-17H,1,30H2,2-3H3. The van der Waals surface area contributed by atoms with E-state index in [2.05, 4.69) is 11.6 Å². The van der Waals surface area contributed by atoms with Gasteiger partial charge in [-0.05, 0) is 58.7 Å². The molecule has 0 saturated heterocycles. The maximum absolute atomic E-state index is 11.7. The van der Waals surface area contributed by atoms with Crippen LogP contribution in [0.15, 0.2) is 85.8 Å². The van der Waals surface area contributed by atoms with Crippen molar-refractivity contribution in [3.05, 3.63) is 124 Å². The number of benzene rings is 3. The Morgan fingerprint density at radius 3 is 2.38 bits per heavy atom. The van der Waals surface area contributed by atoms with Gasteiger partial charge in [0, 0.05) is 29.7 Å². The number of nitrogens with zero attached hydrogens (tertiary/aromatic N) is 3. The zero-order valence-electron chi connectivity index (χ0n) is 18.9. The average molecular weight is 491 g/mol. The topological polar surface area (TPSA) is 64.2 Å². The molecule has 0 fully saturated rings. The maximum atomic E-state index is 11.7. The number of amides is 1. The van der Waals surface area contributed by atoms with Crippen LogP contribution in [0.2, 0.25) is 10.0 Å². The molecule has 34 heavy (non-hydrogen) atoms. The third-order valence-electron chi connectivity index (χ3n) is 6.01. The van der Waals surface area contributed by atoms with E-state index in [9.17, 15) is 4.79 Å². The Morgan fingerprint density at radius 1 is 1.06 bits per heavy atom. The lowest BCUT2D eigenvalue weighted by Crippen LogP contribution is -2.41. The average Bonchev–Trinajstić information content (AvgIpc) is 3.29. The summed E-state index contributed by atoms with van der Waals surface area (Å²) < 4.78 is 1.89. The summed E-state index contributed by atoms with van der Waals surface area (Å²) in [5.74, 6) is 0. The van der Waals surface area contributed by atoms with Gasteiger partial charge in [-0.3, -0.25) is 4.79 Å². The SMILES string of the molecule is C=C(c1cccc(Cl)c1)c1cc(C(N)(c2ccc(Cl)cc2)c2cncn2C)ccc1N(C)C=O. The van der Waals surface area contributed by atoms with Crippen molar-refractivity contribution in [1.29, 1.82) is 0 Å². The van der Waals surface area contributed by atoms with Crippen LogP contribution in [0.4, 0.5) is 5.69 Å². The smallest absolute Gasteiger partial charge is 0.213 e. The maximum Gasteiger partial charge on any atom is 0.213 e. The Morgan fingerprint density at radius 2 is 1.76 bits per heavy atom. The molecule has 5 nitrogen and oxygen atoms in total. The van der Waals surface area contributed by atoms with Crippen LogP contribution < -0.4 is 10.6 Å². The summed E-state index contributed by atoms with van der Waals surface area (Å²) in [6.07, 6.45) is 4.23. The number of carbonyl (C=O) groups excluding carboxylic acids is 1. The molecule has 0 aliphatic rings. The van der Waals surface area contributed by atoms with Gasteiger partial charge in [0.15, 0.2) is 0 Å². The minimum atomic E-state index is -1.04. The Bertz CT molecular complexity index is 1360. The second-order valence-corrected chi connectivity index (χ2v) is 9.01. The fraction of sp³-hybridized carbons (Fsp3) is 0.111. The van der Waals surface area contributed by atoms with Crippen LogP contribution in [0, 0.1) is 0 Å². The number of carbonyl (C=O) groups is 1. The molecule has 1 atom stereocenters. The zero-order chi connectivity index (χ0) is 24.5. The molecule has 0 bridgehead atoms. The summed E-state index contributed by atoms with van der Waals surface area (Å²) >= 11 is 12.4. The molecule has 1 heterocycles. The molecule has 2 N–H and O–H groups in total. The largest absolute Gasteiger partial charge is 0.336 e. The molecule has 4 aromatic rings. The van der Waals surface area contributed by atoms with Crippen molar-refractivity contribution in [3.63, 3.8) is 0 Å². The van der Waals surface area contributed by atoms with Crippen molar-refractivity contribution in [2.45, 2.75) is 5.54 Å². The summed E-state index contributed by atoms with van der Waals surface area (Å²) in [6.45, 7) is 4.32. The Hall–Kier alpha value is -3.38. The van der Waals surface area contributed by atoms with Gasteiger partial charge in [-0.2, -0.15) is 0 Å². The highest BCUT2D eigenvalue weighted by Gasteiger charge is 2.35. The summed E-state index contributed by atoms with van der Waals surface area (Å²) in [5.41, 5.74) is 11.6. The quantitative estimate of drug-likeness (QED) is 0.341. The number of hydrogen-bond donors (Lipinski definition) is 1. The van der Waals surface area contributed by atoms with Gasteiger partial charge in [0.05, 0.1) is 23.9 Å². The van der Waals surface area contributed by atoms with Crippen molar-refractivity contribution in [3.8, 4) is 0 Å². The molecular weight excluding hydrogens is 467 g/mol. The van der Waals surface area contributed by atoms with Gasteiger partial charge < -0.3 is 15.2 Å². The summed E-state index contributed by atoms with van der Waals surface area (Å²) in [4.78, 5) is 17.5. The number of halogens is 2. The molecule has 0 spiro atoms. The number of rotatable bonds is 7. The first-order valence-corrected chi connectivity index (χ1v) is 11.3. The Kier molecular flexibility index (Phi) is 6.62. The highest BCUT2D eigenvalue weighted by Crippen LogP contribution is 2.39. The number of aromatic nitrogens is 2. The van der Waals surface area contributed by atoms with E-state index < -0.39 is 5.54 Å². The van der Waals surface area contributed by atoms with E-state index in [-0.39, 0.29) is 0 Å². The fourth-order valence-electron chi connectivity index (χ4n) is 4.13. The third kappa shape index (κ3) is 4.26. The van der Waals surface area contributed by atoms with Crippen LogP contribution in [-0.4, -0.2) is 23.0 Å². The van der Waals surface area contributed by atoms with Crippen LogP contribution in [0.3, 0.4) is 0 Å². The summed E-state index contributed by atoms with van der Waals surface area (Å²) in [6, 6.07) is 20.7. The number of nitrogens with two attached hydrogens (primary N) is 1. The first-order valence-electron chi connectivity index (χ1n) is 10.5. The van der Waals surface area contributed by atoms with E-state index in [0.717, 1.165) is 39.9 Å². The van der Waals surface area contributed by atoms with E-state index in [0.29, 0.717) is 15.7 Å². The Labute approximate surface area is 209 Å². The molecule has 0 radical (unpaired) electrons. The zero-order valence-corrected chi connectivity index (χ0v) is 20.4. The van der Waals surface area contributed by atoms with Crippen molar-refractivity contribution in [2.24, 2.45) is 12.8 Å². The van der Waals surface area contributed by atoms with Crippen LogP contribution in [-0.2, 0) is 17.4 Å². The molecule has 7 heteroatoms. The predicted molar refractivity (Wildman–Crippen MR) is 139 cm³/mol. The molecule has 1 unspecified atom stereocenters. The van der Waals surface area contributed by atoms with Crippen LogP contribution >= 0.6 is 23.2 Å². The van der Waals surface area contributed by atoms with Crippen molar-refractivity contribution >= 4 is 40.9 Å². The van der Waals surface area contributed by atoms with Crippen LogP contribution in [0.25, 0.3) is 5.57 Å². The molecule has 0 aliphatic heterocycles. The van der Waals surface area contributed by atoms with Gasteiger partial charge in [-0.1, -0.05) is 60.1 Å². The lowest BCUT2D eigenvalue weighted by atomic mass is 9.79. The lowest BCUT2D eigenvalue weighted by Gasteiger charge is -2.32. The van der Waals surface area contributed by atoms with E-state index in [1.54, 1.807) is 25.6 Å². The minimum Gasteiger partial charge on any atom is -0.336 e. The lowest BCUT2D eigenvalue weighted by molar-refractivity contribution is -0.107. The second-order valence-electron chi connectivity index (χ2n) is 8.14. The van der Waals surface area contributed by atoms with Crippen molar-refractivity contribution in [2.75, 3.05) is 11.9 Å². The molecule has 1 aromatic heterocycles. The molecule has 4 rings (SSSR count). The van der Waals surface area contributed by atoms with Gasteiger partial charge in [-0.25, -0.2) is 4.98 Å². The monoisotopic (exact) mass is 490 g/mol. The number of imidazole rings is 1. The normalized spacial score (nSPS) is 12.7. The fourth-order valence-corrected chi connectivity index (χ4v) is 4.45. The van der Waals surface area contributed by atoms with Crippen molar-refractivity contribution < 1.29 is 4.79 Å². The number of anilines is 1. The predicted octanol–water partition coefficient (Wildman–Crippen LogP) is 5.63. The minimum absolute atomic E-state index is 0.601. The molecular formula is C27H24Cl2N4O. The van der Waals surface area contributed by atoms with Gasteiger partial charge in [0.2, 0.25) is 6.41 Å². The molecule has 0 aliphatic carbocycles. The third-order valence-corrected chi connectivity index (χ3v) is 6.50. The van der Waals surface area contributed by atoms with Crippen LogP contribution in [0.5, 0.6) is 0 Å². The first-order chi connectivity index (χ1) is 16.3. The van der Waals surface area contributed by atoms with E-state index in [1.165, 1.54) is 4.90 Å². The van der Waals surface area contributed by atoms with Crippen molar-refractivity contribution in [1.82, 2.24) is 9.55 Å². The van der Waals surface area contributed by atoms with E-state index >= 15 is 0 Å². The van der Waals surface area contributed by atoms with Gasteiger partial charge in [0.25, 0.3) is 0 Å². The first kappa shape index (κ1) is 23.8. The second kappa shape index (κ2) is 9.47. The van der Waals surface area contributed by atoms with Crippen LogP contribution in [0.1, 0.15) is 27.9 Å².